The van der Waals surface area contributed by atoms with Crippen LogP contribution in [0.15, 0.2) is 23.1 Å². The predicted octanol–water partition coefficient (Wildman–Crippen LogP) is 2.74. The topological polar surface area (TPSA) is 71.2 Å². The average molecular weight is 322 g/mol. The van der Waals surface area contributed by atoms with E-state index in [0.29, 0.717) is 11.3 Å². The minimum atomic E-state index is -3.56. The van der Waals surface area contributed by atoms with Gasteiger partial charge in [-0.2, -0.15) is 0 Å². The fourth-order valence-electron chi connectivity index (χ4n) is 2.49. The third kappa shape index (κ3) is 3.34. The molecular formula is C16H22N2O3S. The molecule has 0 aliphatic carbocycles. The summed E-state index contributed by atoms with van der Waals surface area (Å²) < 4.78 is 33.0. The number of benzene rings is 1. The number of hydrogen-bond acceptors (Lipinski definition) is 3. The van der Waals surface area contributed by atoms with Crippen LogP contribution >= 0.6 is 0 Å². The summed E-state index contributed by atoms with van der Waals surface area (Å²) in [5.74, 6) is 0.688. The van der Waals surface area contributed by atoms with Gasteiger partial charge >= 0.3 is 0 Å². The summed E-state index contributed by atoms with van der Waals surface area (Å²) in [5, 5.41) is 0. The highest BCUT2D eigenvalue weighted by atomic mass is 32.2. The van der Waals surface area contributed by atoms with Crippen LogP contribution in [0.25, 0.3) is 0 Å². The maximum absolute atomic E-state index is 12.5. The number of aromatic nitrogens is 1. The molecular weight excluding hydrogens is 300 g/mol. The first-order valence-corrected chi connectivity index (χ1v) is 8.53. The lowest BCUT2D eigenvalue weighted by Crippen LogP contribution is -2.24. The van der Waals surface area contributed by atoms with Gasteiger partial charge in [0.1, 0.15) is 5.75 Å². The molecule has 0 amide bonds. The zero-order valence-electron chi connectivity index (χ0n) is 13.6. The molecule has 120 valence electrons. The molecule has 0 aliphatic heterocycles. The van der Waals surface area contributed by atoms with Crippen LogP contribution in [0.2, 0.25) is 0 Å². The van der Waals surface area contributed by atoms with Crippen molar-refractivity contribution in [3.05, 3.63) is 46.3 Å². The number of aromatic amines is 1. The number of hydrogen-bond donors (Lipinski definition) is 2. The van der Waals surface area contributed by atoms with Crippen LogP contribution in [-0.4, -0.2) is 20.5 Å². The molecule has 0 saturated heterocycles. The van der Waals surface area contributed by atoms with Crippen LogP contribution in [0.3, 0.4) is 0 Å². The highest BCUT2D eigenvalue weighted by Crippen LogP contribution is 2.25. The van der Waals surface area contributed by atoms with Crippen LogP contribution < -0.4 is 9.46 Å². The minimum Gasteiger partial charge on any atom is -0.496 e. The molecule has 22 heavy (non-hydrogen) atoms. The highest BCUT2D eigenvalue weighted by Gasteiger charge is 2.19. The number of methoxy groups -OCH3 is 1. The summed E-state index contributed by atoms with van der Waals surface area (Å²) in [5.41, 5.74) is 4.40. The summed E-state index contributed by atoms with van der Waals surface area (Å²) in [4.78, 5) is 3.46. The molecule has 0 aliphatic rings. The maximum Gasteiger partial charge on any atom is 0.241 e. The van der Waals surface area contributed by atoms with Crippen LogP contribution in [-0.2, 0) is 16.6 Å². The Balaban J connectivity index is 2.27. The maximum atomic E-state index is 12.5. The Morgan fingerprint density at radius 3 is 2.32 bits per heavy atom. The van der Waals surface area contributed by atoms with Crippen molar-refractivity contribution in [2.75, 3.05) is 7.11 Å². The molecule has 2 aromatic rings. The first-order valence-electron chi connectivity index (χ1n) is 7.04. The van der Waals surface area contributed by atoms with Gasteiger partial charge in [-0.3, -0.25) is 0 Å². The number of H-pyrrole nitrogens is 1. The lowest BCUT2D eigenvalue weighted by molar-refractivity contribution is 0.411. The van der Waals surface area contributed by atoms with E-state index in [0.717, 1.165) is 22.5 Å². The van der Waals surface area contributed by atoms with Gasteiger partial charge in [0.05, 0.1) is 12.0 Å². The Morgan fingerprint density at radius 2 is 1.77 bits per heavy atom. The van der Waals surface area contributed by atoms with E-state index >= 15 is 0 Å². The van der Waals surface area contributed by atoms with Gasteiger partial charge in [0.15, 0.2) is 0 Å². The summed E-state index contributed by atoms with van der Waals surface area (Å²) in [6, 6.07) is 5.34. The zero-order chi connectivity index (χ0) is 16.5. The third-order valence-electron chi connectivity index (χ3n) is 3.69. The summed E-state index contributed by atoms with van der Waals surface area (Å²) in [6.07, 6.45) is 0. The molecule has 0 spiro atoms. The van der Waals surface area contributed by atoms with Gasteiger partial charge in [0, 0.05) is 17.9 Å². The van der Waals surface area contributed by atoms with Crippen molar-refractivity contribution in [3.8, 4) is 5.75 Å². The molecule has 1 aromatic carbocycles. The van der Waals surface area contributed by atoms with Crippen LogP contribution in [0.5, 0.6) is 5.75 Å². The minimum absolute atomic E-state index is 0.267. The number of nitrogens with one attached hydrogen (secondary N) is 2. The molecule has 0 unspecified atom stereocenters. The Morgan fingerprint density at radius 1 is 1.09 bits per heavy atom. The fraction of sp³-hybridized carbons (Fsp3) is 0.375. The van der Waals surface area contributed by atoms with Crippen molar-refractivity contribution in [1.29, 1.82) is 0 Å². The van der Waals surface area contributed by atoms with Gasteiger partial charge in [0.25, 0.3) is 0 Å². The Bertz CT molecular complexity index is 792. The van der Waals surface area contributed by atoms with E-state index < -0.39 is 10.0 Å². The van der Waals surface area contributed by atoms with E-state index in [2.05, 4.69) is 9.71 Å². The molecule has 2 N–H and O–H groups in total. The molecule has 5 nitrogen and oxygen atoms in total. The van der Waals surface area contributed by atoms with Gasteiger partial charge in [-0.05, 0) is 62.6 Å². The van der Waals surface area contributed by atoms with E-state index in [1.165, 1.54) is 0 Å². The summed E-state index contributed by atoms with van der Waals surface area (Å²) in [6.45, 7) is 7.74. The number of rotatable bonds is 5. The molecule has 0 radical (unpaired) electrons. The highest BCUT2D eigenvalue weighted by molar-refractivity contribution is 7.89. The van der Waals surface area contributed by atoms with Crippen molar-refractivity contribution in [2.45, 2.75) is 39.1 Å². The summed E-state index contributed by atoms with van der Waals surface area (Å²) in [7, 11) is -1.99. The van der Waals surface area contributed by atoms with E-state index in [4.69, 9.17) is 4.74 Å². The van der Waals surface area contributed by atoms with Gasteiger partial charge in [-0.15, -0.1) is 0 Å². The molecule has 1 heterocycles. The largest absolute Gasteiger partial charge is 0.496 e. The standard InChI is InChI=1S/C16H22N2O3S/c1-10-7-16(11(2)6-15(10)21-5)22(19,20)17-9-14-8-12(3)18-13(14)4/h6-8,17-18H,9H2,1-5H3. The van der Waals surface area contributed by atoms with Crippen molar-refractivity contribution in [3.63, 3.8) is 0 Å². The second kappa shape index (κ2) is 6.14. The van der Waals surface area contributed by atoms with E-state index in [9.17, 15) is 8.42 Å². The van der Waals surface area contributed by atoms with Crippen LogP contribution in [0.4, 0.5) is 0 Å². The molecule has 1 aromatic heterocycles. The first kappa shape index (κ1) is 16.6. The fourth-order valence-corrected chi connectivity index (χ4v) is 3.80. The van der Waals surface area contributed by atoms with Crippen molar-refractivity contribution < 1.29 is 13.2 Å². The van der Waals surface area contributed by atoms with Gasteiger partial charge in [-0.25, -0.2) is 13.1 Å². The van der Waals surface area contributed by atoms with Crippen molar-refractivity contribution in [2.24, 2.45) is 0 Å². The van der Waals surface area contributed by atoms with Crippen LogP contribution in [0.1, 0.15) is 28.1 Å². The van der Waals surface area contributed by atoms with Crippen LogP contribution in [0, 0.1) is 27.7 Å². The molecule has 6 heteroatoms. The van der Waals surface area contributed by atoms with Gasteiger partial charge < -0.3 is 9.72 Å². The third-order valence-corrected chi connectivity index (χ3v) is 5.23. The lowest BCUT2D eigenvalue weighted by Gasteiger charge is -2.12. The number of sulfonamides is 1. The quantitative estimate of drug-likeness (QED) is 0.889. The SMILES string of the molecule is COc1cc(C)c(S(=O)(=O)NCc2cc(C)[nH]c2C)cc1C. The van der Waals surface area contributed by atoms with Gasteiger partial charge in [-0.1, -0.05) is 0 Å². The molecule has 0 atom stereocenters. The number of ether oxygens (including phenoxy) is 1. The predicted molar refractivity (Wildman–Crippen MR) is 86.8 cm³/mol. The molecule has 0 saturated carbocycles. The monoisotopic (exact) mass is 322 g/mol. The lowest BCUT2D eigenvalue weighted by atomic mass is 10.1. The Labute approximate surface area is 131 Å². The first-order chi connectivity index (χ1) is 10.2. The Kier molecular flexibility index (Phi) is 4.63. The second-order valence-electron chi connectivity index (χ2n) is 5.51. The van der Waals surface area contributed by atoms with E-state index in [1.807, 2.05) is 26.8 Å². The summed E-state index contributed by atoms with van der Waals surface area (Å²) >= 11 is 0. The smallest absolute Gasteiger partial charge is 0.241 e. The van der Waals surface area contributed by atoms with Gasteiger partial charge in [0.2, 0.25) is 10.0 Å². The van der Waals surface area contributed by atoms with E-state index in [1.54, 1.807) is 26.2 Å². The average Bonchev–Trinajstić information content (AvgIpc) is 2.76. The molecule has 0 bridgehead atoms. The van der Waals surface area contributed by atoms with Crippen molar-refractivity contribution in [1.82, 2.24) is 9.71 Å². The molecule has 2 rings (SSSR count). The second-order valence-corrected chi connectivity index (χ2v) is 7.25. The zero-order valence-corrected chi connectivity index (χ0v) is 14.4. The van der Waals surface area contributed by atoms with E-state index in [-0.39, 0.29) is 11.4 Å². The normalized spacial score (nSPS) is 11.7. The number of aryl methyl sites for hydroxylation is 4. The molecule has 0 fully saturated rings. The Hall–Kier alpha value is -1.79. The van der Waals surface area contributed by atoms with Crippen molar-refractivity contribution >= 4 is 10.0 Å².